The Hall–Kier alpha value is -1.16. The number of nitrogens with zero attached hydrogens (tertiary/aromatic N) is 1. The van der Waals surface area contributed by atoms with E-state index in [4.69, 9.17) is 0 Å². The fourth-order valence-electron chi connectivity index (χ4n) is 2.76. The Balaban J connectivity index is 1.69. The van der Waals surface area contributed by atoms with Gasteiger partial charge in [0.1, 0.15) is 0 Å². The molecule has 3 rings (SSSR count). The summed E-state index contributed by atoms with van der Waals surface area (Å²) in [5.74, 6) is 0. The number of benzene rings is 2. The summed E-state index contributed by atoms with van der Waals surface area (Å²) in [6.07, 6.45) is 0. The molecule has 2 aromatic carbocycles. The van der Waals surface area contributed by atoms with Crippen molar-refractivity contribution in [1.82, 2.24) is 10.2 Å². The van der Waals surface area contributed by atoms with Crippen LogP contribution in [0.3, 0.4) is 0 Å². The molecule has 2 nitrogen and oxygen atoms in total. The Morgan fingerprint density at radius 1 is 1.05 bits per heavy atom. The van der Waals surface area contributed by atoms with Gasteiger partial charge in [0.25, 0.3) is 0 Å². The lowest BCUT2D eigenvalue weighted by molar-refractivity contribution is 0.193. The second kappa shape index (κ2) is 6.53. The summed E-state index contributed by atoms with van der Waals surface area (Å²) in [5.41, 5.74) is 2.74. The molecule has 0 radical (unpaired) electrons. The molecule has 1 aliphatic rings. The van der Waals surface area contributed by atoms with Crippen molar-refractivity contribution >= 4 is 15.9 Å². The molecule has 1 saturated heterocycles. The van der Waals surface area contributed by atoms with Gasteiger partial charge in [-0.05, 0) is 17.2 Å². The fraction of sp³-hybridized carbons (Fsp3) is 0.294. The number of halogens is 1. The molecule has 1 fully saturated rings. The van der Waals surface area contributed by atoms with Gasteiger partial charge in [0.2, 0.25) is 0 Å². The molecule has 0 saturated carbocycles. The number of piperazine rings is 1. The number of rotatable bonds is 3. The molecular formula is C17H19BrN2. The molecule has 1 atom stereocenters. The first kappa shape index (κ1) is 13.8. The summed E-state index contributed by atoms with van der Waals surface area (Å²) in [6, 6.07) is 19.6. The first-order valence-electron chi connectivity index (χ1n) is 7.07. The molecule has 0 spiro atoms. The van der Waals surface area contributed by atoms with Crippen LogP contribution in [0.15, 0.2) is 59.1 Å². The minimum atomic E-state index is 0.406. The van der Waals surface area contributed by atoms with E-state index >= 15 is 0 Å². The average Bonchev–Trinajstić information content (AvgIpc) is 2.49. The van der Waals surface area contributed by atoms with Crippen molar-refractivity contribution in [2.45, 2.75) is 12.6 Å². The Morgan fingerprint density at radius 2 is 1.80 bits per heavy atom. The van der Waals surface area contributed by atoms with Crippen molar-refractivity contribution in [3.63, 3.8) is 0 Å². The standard InChI is InChI=1S/C17H19BrN2/c18-16-9-5-4-8-15(16)17-13-20(11-10-19-17)12-14-6-2-1-3-7-14/h1-9,17,19H,10-13H2/t17-/m1/s1. The third-order valence-electron chi connectivity index (χ3n) is 3.79. The van der Waals surface area contributed by atoms with Crippen molar-refractivity contribution in [1.29, 1.82) is 0 Å². The molecule has 1 heterocycles. The van der Waals surface area contributed by atoms with Gasteiger partial charge in [0, 0.05) is 36.7 Å². The van der Waals surface area contributed by atoms with E-state index in [0.717, 1.165) is 26.2 Å². The minimum absolute atomic E-state index is 0.406. The smallest absolute Gasteiger partial charge is 0.0461 e. The Bertz CT molecular complexity index is 556. The van der Waals surface area contributed by atoms with Crippen LogP contribution >= 0.6 is 15.9 Å². The van der Waals surface area contributed by atoms with Crippen LogP contribution in [0.25, 0.3) is 0 Å². The first-order chi connectivity index (χ1) is 9.83. The maximum atomic E-state index is 3.66. The highest BCUT2D eigenvalue weighted by Gasteiger charge is 2.21. The largest absolute Gasteiger partial charge is 0.308 e. The van der Waals surface area contributed by atoms with Crippen LogP contribution in [0, 0.1) is 0 Å². The topological polar surface area (TPSA) is 15.3 Å². The summed E-state index contributed by atoms with van der Waals surface area (Å²) < 4.78 is 1.19. The van der Waals surface area contributed by atoms with E-state index in [9.17, 15) is 0 Å². The Morgan fingerprint density at radius 3 is 2.60 bits per heavy atom. The second-order valence-electron chi connectivity index (χ2n) is 5.25. The Kier molecular flexibility index (Phi) is 4.51. The molecular weight excluding hydrogens is 312 g/mol. The molecule has 0 aliphatic carbocycles. The van der Waals surface area contributed by atoms with Crippen LogP contribution in [-0.4, -0.2) is 24.5 Å². The van der Waals surface area contributed by atoms with Crippen molar-refractivity contribution in [2.24, 2.45) is 0 Å². The third-order valence-corrected chi connectivity index (χ3v) is 4.51. The number of nitrogens with one attached hydrogen (secondary N) is 1. The molecule has 1 N–H and O–H groups in total. The number of hydrogen-bond acceptors (Lipinski definition) is 2. The van der Waals surface area contributed by atoms with Crippen molar-refractivity contribution in [2.75, 3.05) is 19.6 Å². The summed E-state index contributed by atoms with van der Waals surface area (Å²) >= 11 is 3.66. The highest BCUT2D eigenvalue weighted by atomic mass is 79.9. The van der Waals surface area contributed by atoms with E-state index in [1.807, 2.05) is 0 Å². The zero-order chi connectivity index (χ0) is 13.8. The molecule has 104 valence electrons. The molecule has 0 aromatic heterocycles. The molecule has 0 unspecified atom stereocenters. The van der Waals surface area contributed by atoms with Crippen LogP contribution in [-0.2, 0) is 6.54 Å². The average molecular weight is 331 g/mol. The lowest BCUT2D eigenvalue weighted by Crippen LogP contribution is -2.45. The predicted molar refractivity (Wildman–Crippen MR) is 86.6 cm³/mol. The van der Waals surface area contributed by atoms with Gasteiger partial charge in [-0.15, -0.1) is 0 Å². The zero-order valence-corrected chi connectivity index (χ0v) is 13.0. The van der Waals surface area contributed by atoms with Gasteiger partial charge < -0.3 is 5.32 Å². The maximum absolute atomic E-state index is 3.66. The Labute approximate surface area is 128 Å². The SMILES string of the molecule is Brc1ccccc1[C@H]1CN(Cc2ccccc2)CCN1. The first-order valence-corrected chi connectivity index (χ1v) is 7.86. The van der Waals surface area contributed by atoms with E-state index in [2.05, 4.69) is 80.7 Å². The molecule has 2 aromatic rings. The van der Waals surface area contributed by atoms with E-state index in [1.54, 1.807) is 0 Å². The van der Waals surface area contributed by atoms with Gasteiger partial charge in [-0.3, -0.25) is 4.90 Å². The van der Waals surface area contributed by atoms with Crippen LogP contribution in [0.4, 0.5) is 0 Å². The summed E-state index contributed by atoms with van der Waals surface area (Å²) in [5, 5.41) is 3.62. The minimum Gasteiger partial charge on any atom is -0.308 e. The maximum Gasteiger partial charge on any atom is 0.0461 e. The molecule has 0 bridgehead atoms. The van der Waals surface area contributed by atoms with Gasteiger partial charge >= 0.3 is 0 Å². The quantitative estimate of drug-likeness (QED) is 0.925. The van der Waals surface area contributed by atoms with E-state index in [-0.39, 0.29) is 0 Å². The summed E-state index contributed by atoms with van der Waals surface area (Å²) in [6.45, 7) is 4.23. The monoisotopic (exact) mass is 330 g/mol. The van der Waals surface area contributed by atoms with E-state index in [1.165, 1.54) is 15.6 Å². The zero-order valence-electron chi connectivity index (χ0n) is 11.4. The highest BCUT2D eigenvalue weighted by Crippen LogP contribution is 2.25. The number of hydrogen-bond donors (Lipinski definition) is 1. The van der Waals surface area contributed by atoms with Crippen LogP contribution in [0.1, 0.15) is 17.2 Å². The molecule has 0 amide bonds. The highest BCUT2D eigenvalue weighted by molar-refractivity contribution is 9.10. The lowest BCUT2D eigenvalue weighted by Gasteiger charge is -2.34. The second-order valence-corrected chi connectivity index (χ2v) is 6.10. The van der Waals surface area contributed by atoms with E-state index < -0.39 is 0 Å². The van der Waals surface area contributed by atoms with Crippen molar-refractivity contribution in [3.05, 3.63) is 70.2 Å². The van der Waals surface area contributed by atoms with Gasteiger partial charge in [0.15, 0.2) is 0 Å². The van der Waals surface area contributed by atoms with Gasteiger partial charge in [-0.2, -0.15) is 0 Å². The summed E-state index contributed by atoms with van der Waals surface area (Å²) in [4.78, 5) is 2.52. The van der Waals surface area contributed by atoms with Gasteiger partial charge in [0.05, 0.1) is 0 Å². The fourth-order valence-corrected chi connectivity index (χ4v) is 3.32. The molecule has 3 heteroatoms. The third kappa shape index (κ3) is 3.29. The van der Waals surface area contributed by atoms with Crippen LogP contribution < -0.4 is 5.32 Å². The van der Waals surface area contributed by atoms with Crippen LogP contribution in [0.5, 0.6) is 0 Å². The van der Waals surface area contributed by atoms with E-state index in [0.29, 0.717) is 6.04 Å². The summed E-state index contributed by atoms with van der Waals surface area (Å²) in [7, 11) is 0. The lowest BCUT2D eigenvalue weighted by atomic mass is 10.0. The normalized spacial score (nSPS) is 19.9. The predicted octanol–water partition coefficient (Wildman–Crippen LogP) is 3.60. The van der Waals surface area contributed by atoms with Gasteiger partial charge in [-0.1, -0.05) is 64.5 Å². The van der Waals surface area contributed by atoms with Crippen molar-refractivity contribution < 1.29 is 0 Å². The van der Waals surface area contributed by atoms with Crippen LogP contribution in [0.2, 0.25) is 0 Å². The van der Waals surface area contributed by atoms with Crippen molar-refractivity contribution in [3.8, 4) is 0 Å². The molecule has 20 heavy (non-hydrogen) atoms. The molecule has 1 aliphatic heterocycles. The van der Waals surface area contributed by atoms with Gasteiger partial charge in [-0.25, -0.2) is 0 Å².